The second-order valence-corrected chi connectivity index (χ2v) is 11.0. The molecular formula is C28H44O2. The van der Waals surface area contributed by atoms with Crippen molar-refractivity contribution in [2.45, 2.75) is 92.3 Å². The molecule has 2 heteroatoms. The minimum Gasteiger partial charge on any atom is -0.393 e. The minimum atomic E-state index is -0.504. The van der Waals surface area contributed by atoms with Crippen molar-refractivity contribution >= 4 is 0 Å². The Hall–Kier alpha value is -1.12. The summed E-state index contributed by atoms with van der Waals surface area (Å²) in [7, 11) is 0. The van der Waals surface area contributed by atoms with E-state index in [-0.39, 0.29) is 0 Å². The molecule has 0 heterocycles. The second-order valence-electron chi connectivity index (χ2n) is 11.0. The minimum absolute atomic E-state index is 0.369. The van der Waals surface area contributed by atoms with E-state index < -0.39 is 12.2 Å². The van der Waals surface area contributed by atoms with Crippen LogP contribution in [0.1, 0.15) is 80.1 Å². The molecule has 0 bridgehead atoms. The van der Waals surface area contributed by atoms with Crippen LogP contribution in [0.5, 0.6) is 0 Å². The molecule has 0 saturated heterocycles. The van der Waals surface area contributed by atoms with Crippen LogP contribution in [0.2, 0.25) is 0 Å². The van der Waals surface area contributed by atoms with Crippen molar-refractivity contribution in [2.75, 3.05) is 0 Å². The van der Waals surface area contributed by atoms with Crippen LogP contribution in [0.3, 0.4) is 0 Å². The van der Waals surface area contributed by atoms with Gasteiger partial charge in [-0.15, -0.1) is 0 Å². The summed E-state index contributed by atoms with van der Waals surface area (Å²) in [5.74, 6) is 3.34. The first-order valence-electron chi connectivity index (χ1n) is 12.3. The number of hydrogen-bond acceptors (Lipinski definition) is 2. The molecule has 30 heavy (non-hydrogen) atoms. The number of hydrogen-bond donors (Lipinski definition) is 2. The summed E-state index contributed by atoms with van der Waals surface area (Å²) in [6, 6.07) is 0. The van der Waals surface area contributed by atoms with Gasteiger partial charge in [-0.05, 0) is 90.8 Å². The van der Waals surface area contributed by atoms with Crippen molar-refractivity contribution in [1.29, 1.82) is 0 Å². The van der Waals surface area contributed by atoms with Gasteiger partial charge in [0, 0.05) is 6.42 Å². The Balaban J connectivity index is 1.74. The highest BCUT2D eigenvalue weighted by Crippen LogP contribution is 2.58. The maximum absolute atomic E-state index is 10.2. The van der Waals surface area contributed by atoms with E-state index in [9.17, 15) is 10.2 Å². The van der Waals surface area contributed by atoms with Crippen molar-refractivity contribution in [3.63, 3.8) is 0 Å². The third-order valence-corrected chi connectivity index (χ3v) is 8.71. The normalized spacial score (nSPS) is 37.2. The van der Waals surface area contributed by atoms with Crippen molar-refractivity contribution in [1.82, 2.24) is 0 Å². The van der Waals surface area contributed by atoms with E-state index in [4.69, 9.17) is 0 Å². The summed E-state index contributed by atoms with van der Waals surface area (Å²) in [6.07, 6.45) is 17.1. The Labute approximate surface area is 184 Å². The number of rotatable bonds is 6. The lowest BCUT2D eigenvalue weighted by Crippen LogP contribution is -2.34. The fraction of sp³-hybridized carbons (Fsp3) is 0.714. The molecule has 0 aromatic carbocycles. The molecule has 7 atom stereocenters. The highest BCUT2D eigenvalue weighted by molar-refractivity contribution is 5.37. The molecule has 5 unspecified atom stereocenters. The Kier molecular flexibility index (Phi) is 7.51. The first kappa shape index (κ1) is 23.5. The van der Waals surface area contributed by atoms with Crippen LogP contribution >= 0.6 is 0 Å². The smallest absolute Gasteiger partial charge is 0.0777 e. The fourth-order valence-electron chi connectivity index (χ4n) is 6.16. The monoisotopic (exact) mass is 412 g/mol. The van der Waals surface area contributed by atoms with Gasteiger partial charge >= 0.3 is 0 Å². The molecule has 3 aliphatic rings. The molecule has 2 N–H and O–H groups in total. The lowest BCUT2D eigenvalue weighted by molar-refractivity contribution is 0.0879. The highest BCUT2D eigenvalue weighted by atomic mass is 16.3. The van der Waals surface area contributed by atoms with E-state index in [1.165, 1.54) is 24.8 Å². The van der Waals surface area contributed by atoms with Crippen LogP contribution in [0.25, 0.3) is 0 Å². The molecule has 0 radical (unpaired) electrons. The number of aliphatic hydroxyl groups is 2. The number of fused-ring (bicyclic) bond motifs is 1. The van der Waals surface area contributed by atoms with E-state index in [2.05, 4.69) is 65.0 Å². The Bertz CT molecular complexity index is 725. The van der Waals surface area contributed by atoms with Crippen LogP contribution in [-0.4, -0.2) is 22.4 Å². The lowest BCUT2D eigenvalue weighted by Gasteiger charge is -2.42. The first-order valence-corrected chi connectivity index (χ1v) is 12.3. The van der Waals surface area contributed by atoms with Gasteiger partial charge in [0.1, 0.15) is 0 Å². The van der Waals surface area contributed by atoms with Gasteiger partial charge in [-0.1, -0.05) is 65.0 Å². The summed E-state index contributed by atoms with van der Waals surface area (Å²) in [4.78, 5) is 0. The van der Waals surface area contributed by atoms with Gasteiger partial charge in [-0.25, -0.2) is 0 Å². The molecule has 1 saturated carbocycles. The summed E-state index contributed by atoms with van der Waals surface area (Å²) in [5.41, 5.74) is 3.99. The predicted octanol–water partition coefficient (Wildman–Crippen LogP) is 6.61. The van der Waals surface area contributed by atoms with Gasteiger partial charge in [0.05, 0.1) is 12.2 Å². The molecule has 2 nitrogen and oxygen atoms in total. The average molecular weight is 413 g/mol. The maximum Gasteiger partial charge on any atom is 0.0777 e. The molecule has 1 fully saturated rings. The largest absolute Gasteiger partial charge is 0.393 e. The number of aliphatic hydroxyl groups excluding tert-OH is 2. The van der Waals surface area contributed by atoms with E-state index in [1.807, 2.05) is 6.92 Å². The molecule has 168 valence electrons. The third kappa shape index (κ3) is 4.86. The zero-order chi connectivity index (χ0) is 22.1. The van der Waals surface area contributed by atoms with Crippen LogP contribution in [0, 0.1) is 35.0 Å². The summed E-state index contributed by atoms with van der Waals surface area (Å²) in [6.45, 7) is 13.9. The fourth-order valence-corrected chi connectivity index (χ4v) is 6.16. The SMILES string of the molecule is CC1=C(/C=C/C2=CCCC3(C)C2CCC3C(C)/C=C/C(C)C(C)C)C[C@@H](O)C[C@@H]1O. The van der Waals surface area contributed by atoms with Gasteiger partial charge in [-0.2, -0.15) is 0 Å². The highest BCUT2D eigenvalue weighted by Gasteiger charge is 2.49. The second kappa shape index (κ2) is 9.57. The first-order chi connectivity index (χ1) is 14.1. The Morgan fingerprint density at radius 1 is 1.07 bits per heavy atom. The third-order valence-electron chi connectivity index (χ3n) is 8.71. The van der Waals surface area contributed by atoms with E-state index in [1.54, 1.807) is 0 Å². The van der Waals surface area contributed by atoms with Crippen molar-refractivity contribution < 1.29 is 10.2 Å². The molecular weight excluding hydrogens is 368 g/mol. The van der Waals surface area contributed by atoms with Crippen molar-refractivity contribution in [2.24, 2.45) is 35.0 Å². The van der Waals surface area contributed by atoms with Crippen LogP contribution in [0.4, 0.5) is 0 Å². The van der Waals surface area contributed by atoms with Crippen LogP contribution in [0.15, 0.2) is 47.1 Å². The van der Waals surface area contributed by atoms with E-state index in [0.717, 1.165) is 23.5 Å². The van der Waals surface area contributed by atoms with E-state index >= 15 is 0 Å². The molecule has 3 aliphatic carbocycles. The standard InChI is InChI=1S/C28H44O2/c1-18(2)19(3)9-10-20(4)25-13-14-26-22(8-7-15-28(25,26)6)11-12-23-16-24(29)17-27(30)21(23)5/h8-12,18-20,24-27,29-30H,7,13-17H2,1-6H3/b10-9+,12-11+/t19?,20?,24-,25?,26?,27+,28?/m1/s1. The van der Waals surface area contributed by atoms with Gasteiger partial charge in [0.25, 0.3) is 0 Å². The zero-order valence-electron chi connectivity index (χ0n) is 20.1. The molecule has 0 spiro atoms. The predicted molar refractivity (Wildman–Crippen MR) is 127 cm³/mol. The van der Waals surface area contributed by atoms with Gasteiger partial charge in [0.15, 0.2) is 0 Å². The van der Waals surface area contributed by atoms with Gasteiger partial charge in [0.2, 0.25) is 0 Å². The Morgan fingerprint density at radius 2 is 1.80 bits per heavy atom. The average Bonchev–Trinajstić information content (AvgIpc) is 3.04. The molecule has 0 aromatic heterocycles. The summed E-state index contributed by atoms with van der Waals surface area (Å²) >= 11 is 0. The molecule has 0 aromatic rings. The van der Waals surface area contributed by atoms with Gasteiger partial charge < -0.3 is 10.2 Å². The zero-order valence-corrected chi connectivity index (χ0v) is 20.1. The summed E-state index contributed by atoms with van der Waals surface area (Å²) in [5, 5.41) is 20.3. The quantitative estimate of drug-likeness (QED) is 0.482. The van der Waals surface area contributed by atoms with Crippen molar-refractivity contribution in [3.05, 3.63) is 47.1 Å². The molecule has 3 rings (SSSR count). The molecule has 0 amide bonds. The Morgan fingerprint density at radius 3 is 2.50 bits per heavy atom. The number of allylic oxidation sites excluding steroid dienone is 6. The maximum atomic E-state index is 10.2. The lowest BCUT2D eigenvalue weighted by atomic mass is 9.62. The molecule has 0 aliphatic heterocycles. The van der Waals surface area contributed by atoms with Crippen molar-refractivity contribution in [3.8, 4) is 0 Å². The van der Waals surface area contributed by atoms with Crippen LogP contribution in [-0.2, 0) is 0 Å². The summed E-state index contributed by atoms with van der Waals surface area (Å²) < 4.78 is 0. The topological polar surface area (TPSA) is 40.5 Å². The van der Waals surface area contributed by atoms with E-state index in [0.29, 0.717) is 41.9 Å². The van der Waals surface area contributed by atoms with Crippen LogP contribution < -0.4 is 0 Å². The van der Waals surface area contributed by atoms with Gasteiger partial charge in [-0.3, -0.25) is 0 Å².